The zero-order valence-corrected chi connectivity index (χ0v) is 14.6. The highest BCUT2D eigenvalue weighted by Gasteiger charge is 2.11. The quantitative estimate of drug-likeness (QED) is 0.739. The van der Waals surface area contributed by atoms with E-state index < -0.39 is 17.8 Å². The number of carbonyl (C=O) groups excluding carboxylic acids is 3. The third-order valence-electron chi connectivity index (χ3n) is 3.49. The van der Waals surface area contributed by atoms with Crippen LogP contribution in [0.25, 0.3) is 0 Å². The van der Waals surface area contributed by atoms with Crippen molar-refractivity contribution in [2.75, 3.05) is 25.6 Å². The molecule has 0 fully saturated rings. The first-order valence-corrected chi connectivity index (χ1v) is 7.93. The first-order chi connectivity index (χ1) is 12.5. The standard InChI is InChI=1S/C19H20N2O5/c1-13-8-9-14(19(24)25-2)10-16(13)21-17(22)11-20-18(23)12-26-15-6-4-3-5-7-15/h3-10H,11-12H2,1-2H3,(H,20,23)(H,21,22). The Hall–Kier alpha value is -3.35. The van der Waals surface area contributed by atoms with Gasteiger partial charge in [0, 0.05) is 5.69 Å². The van der Waals surface area contributed by atoms with Crippen molar-refractivity contribution >= 4 is 23.5 Å². The molecule has 136 valence electrons. The molecule has 0 aliphatic rings. The van der Waals surface area contributed by atoms with Crippen molar-refractivity contribution in [1.29, 1.82) is 0 Å². The number of anilines is 1. The molecule has 26 heavy (non-hydrogen) atoms. The molecule has 0 saturated carbocycles. The average Bonchev–Trinajstić information content (AvgIpc) is 2.66. The summed E-state index contributed by atoms with van der Waals surface area (Å²) in [7, 11) is 1.29. The van der Waals surface area contributed by atoms with Crippen molar-refractivity contribution in [3.63, 3.8) is 0 Å². The maximum absolute atomic E-state index is 12.0. The third-order valence-corrected chi connectivity index (χ3v) is 3.49. The second-order valence-corrected chi connectivity index (χ2v) is 5.45. The van der Waals surface area contributed by atoms with E-state index in [2.05, 4.69) is 15.4 Å². The highest BCUT2D eigenvalue weighted by Crippen LogP contribution is 2.17. The molecule has 0 saturated heterocycles. The van der Waals surface area contributed by atoms with Crippen LogP contribution in [0.15, 0.2) is 48.5 Å². The van der Waals surface area contributed by atoms with E-state index in [0.717, 1.165) is 5.56 Å². The van der Waals surface area contributed by atoms with Gasteiger partial charge in [-0.2, -0.15) is 0 Å². The number of amides is 2. The molecule has 0 aliphatic carbocycles. The number of hydrogen-bond acceptors (Lipinski definition) is 5. The number of benzene rings is 2. The van der Waals surface area contributed by atoms with Gasteiger partial charge < -0.3 is 20.1 Å². The van der Waals surface area contributed by atoms with Crippen molar-refractivity contribution in [2.45, 2.75) is 6.92 Å². The minimum Gasteiger partial charge on any atom is -0.484 e. The van der Waals surface area contributed by atoms with Gasteiger partial charge in [-0.15, -0.1) is 0 Å². The summed E-state index contributed by atoms with van der Waals surface area (Å²) in [4.78, 5) is 35.3. The zero-order valence-electron chi connectivity index (χ0n) is 14.6. The molecule has 0 atom stereocenters. The van der Waals surface area contributed by atoms with E-state index in [1.165, 1.54) is 13.2 Å². The topological polar surface area (TPSA) is 93.7 Å². The molecule has 2 rings (SSSR count). The molecule has 0 spiro atoms. The molecule has 7 nitrogen and oxygen atoms in total. The molecule has 2 amide bonds. The largest absolute Gasteiger partial charge is 0.484 e. The summed E-state index contributed by atoms with van der Waals surface area (Å²) in [6.07, 6.45) is 0. The number of methoxy groups -OCH3 is 1. The van der Waals surface area contributed by atoms with Crippen LogP contribution in [0.2, 0.25) is 0 Å². The molecule has 0 radical (unpaired) electrons. The maximum Gasteiger partial charge on any atom is 0.337 e. The van der Waals surface area contributed by atoms with Crippen molar-refractivity contribution < 1.29 is 23.9 Å². The van der Waals surface area contributed by atoms with Crippen molar-refractivity contribution in [1.82, 2.24) is 5.32 Å². The van der Waals surface area contributed by atoms with Gasteiger partial charge in [0.1, 0.15) is 5.75 Å². The highest BCUT2D eigenvalue weighted by molar-refractivity contribution is 5.97. The predicted octanol–water partition coefficient (Wildman–Crippen LogP) is 1.92. The van der Waals surface area contributed by atoms with Crippen LogP contribution in [0.1, 0.15) is 15.9 Å². The molecule has 0 aliphatic heterocycles. The lowest BCUT2D eigenvalue weighted by Gasteiger charge is -2.11. The van der Waals surface area contributed by atoms with Crippen molar-refractivity contribution in [3.05, 3.63) is 59.7 Å². The second-order valence-electron chi connectivity index (χ2n) is 5.45. The van der Waals surface area contributed by atoms with E-state index in [0.29, 0.717) is 17.0 Å². The Morgan fingerprint density at radius 2 is 1.73 bits per heavy atom. The molecule has 0 aromatic heterocycles. The van der Waals surface area contributed by atoms with Crippen LogP contribution in [0.3, 0.4) is 0 Å². The molecule has 2 N–H and O–H groups in total. The van der Waals surface area contributed by atoms with E-state index in [9.17, 15) is 14.4 Å². The summed E-state index contributed by atoms with van der Waals surface area (Å²) < 4.78 is 9.95. The Morgan fingerprint density at radius 3 is 2.42 bits per heavy atom. The van der Waals surface area contributed by atoms with Crippen LogP contribution in [-0.4, -0.2) is 38.0 Å². The van der Waals surface area contributed by atoms with Crippen LogP contribution < -0.4 is 15.4 Å². The van der Waals surface area contributed by atoms with E-state index in [4.69, 9.17) is 4.74 Å². The number of carbonyl (C=O) groups is 3. The maximum atomic E-state index is 12.0. The first-order valence-electron chi connectivity index (χ1n) is 7.93. The number of rotatable bonds is 7. The smallest absolute Gasteiger partial charge is 0.337 e. The van der Waals surface area contributed by atoms with Gasteiger partial charge in [-0.1, -0.05) is 24.3 Å². The minimum atomic E-state index is -0.494. The Balaban J connectivity index is 1.83. The fraction of sp³-hybridized carbons (Fsp3) is 0.211. The number of nitrogens with one attached hydrogen (secondary N) is 2. The van der Waals surface area contributed by atoms with Crippen LogP contribution >= 0.6 is 0 Å². The average molecular weight is 356 g/mol. The Morgan fingerprint density at radius 1 is 1.00 bits per heavy atom. The fourth-order valence-corrected chi connectivity index (χ4v) is 2.09. The van der Waals surface area contributed by atoms with Gasteiger partial charge in [-0.3, -0.25) is 9.59 Å². The molecule has 2 aromatic rings. The molecule has 0 bridgehead atoms. The third kappa shape index (κ3) is 5.62. The van der Waals surface area contributed by atoms with Crippen LogP contribution in [0.4, 0.5) is 5.69 Å². The second kappa shape index (κ2) is 9.22. The number of hydrogen-bond donors (Lipinski definition) is 2. The van der Waals surface area contributed by atoms with Gasteiger partial charge in [-0.25, -0.2) is 4.79 Å². The lowest BCUT2D eigenvalue weighted by molar-refractivity contribution is -0.125. The van der Waals surface area contributed by atoms with Crippen LogP contribution in [-0.2, 0) is 14.3 Å². The van der Waals surface area contributed by atoms with E-state index in [1.54, 1.807) is 43.3 Å². The van der Waals surface area contributed by atoms with Crippen LogP contribution in [0.5, 0.6) is 5.75 Å². The SMILES string of the molecule is COC(=O)c1ccc(C)c(NC(=O)CNC(=O)COc2ccccc2)c1. The number of aryl methyl sites for hydroxylation is 1. The molecule has 7 heteroatoms. The van der Waals surface area contributed by atoms with Gasteiger partial charge >= 0.3 is 5.97 Å². The fourth-order valence-electron chi connectivity index (χ4n) is 2.09. The van der Waals surface area contributed by atoms with Crippen molar-refractivity contribution in [3.8, 4) is 5.75 Å². The summed E-state index contributed by atoms with van der Waals surface area (Å²) >= 11 is 0. The van der Waals surface area contributed by atoms with E-state index >= 15 is 0 Å². The number of ether oxygens (including phenoxy) is 2. The van der Waals surface area contributed by atoms with Gasteiger partial charge in [-0.05, 0) is 36.8 Å². The molecular weight excluding hydrogens is 336 g/mol. The normalized spacial score (nSPS) is 9.92. The Kier molecular flexibility index (Phi) is 6.73. The van der Waals surface area contributed by atoms with Crippen molar-refractivity contribution in [2.24, 2.45) is 0 Å². The van der Waals surface area contributed by atoms with Gasteiger partial charge in [0.05, 0.1) is 19.2 Å². The molecule has 2 aromatic carbocycles. The Labute approximate surface area is 151 Å². The highest BCUT2D eigenvalue weighted by atomic mass is 16.5. The molecular formula is C19H20N2O5. The van der Waals surface area contributed by atoms with E-state index in [1.807, 2.05) is 6.07 Å². The molecule has 0 heterocycles. The number of esters is 1. The predicted molar refractivity (Wildman–Crippen MR) is 96.1 cm³/mol. The first kappa shape index (κ1) is 19.0. The van der Waals surface area contributed by atoms with Gasteiger partial charge in [0.2, 0.25) is 5.91 Å². The minimum absolute atomic E-state index is 0.186. The number of para-hydroxylation sites is 1. The lowest BCUT2D eigenvalue weighted by Crippen LogP contribution is -2.35. The summed E-state index contributed by atoms with van der Waals surface area (Å²) in [6.45, 7) is 1.40. The summed E-state index contributed by atoms with van der Waals surface area (Å²) in [5, 5.41) is 5.13. The van der Waals surface area contributed by atoms with Crippen LogP contribution in [0, 0.1) is 6.92 Å². The van der Waals surface area contributed by atoms with Gasteiger partial charge in [0.15, 0.2) is 6.61 Å². The lowest BCUT2D eigenvalue weighted by atomic mass is 10.1. The Bertz CT molecular complexity index is 790. The summed E-state index contributed by atoms with van der Waals surface area (Å²) in [5.74, 6) is -0.749. The monoisotopic (exact) mass is 356 g/mol. The summed E-state index contributed by atoms with van der Waals surface area (Å²) in [5.41, 5.74) is 1.59. The zero-order chi connectivity index (χ0) is 18.9. The summed E-state index contributed by atoms with van der Waals surface area (Å²) in [6, 6.07) is 13.7. The van der Waals surface area contributed by atoms with E-state index in [-0.39, 0.29) is 13.2 Å². The molecule has 0 unspecified atom stereocenters. The van der Waals surface area contributed by atoms with Gasteiger partial charge in [0.25, 0.3) is 5.91 Å².